The number of nitrogens with one attached hydrogen (secondary N) is 1. The Morgan fingerprint density at radius 3 is 2.79 bits per heavy atom. The highest BCUT2D eigenvalue weighted by molar-refractivity contribution is 7.99. The first-order valence-electron chi connectivity index (χ1n) is 5.23. The van der Waals surface area contributed by atoms with Crippen LogP contribution in [0.2, 0.25) is 0 Å². The molecule has 1 atom stereocenters. The van der Waals surface area contributed by atoms with Crippen molar-refractivity contribution in [3.63, 3.8) is 0 Å². The maximum atomic E-state index is 12.2. The number of hydrogen-bond acceptors (Lipinski definition) is 3. The maximum Gasteiger partial charge on any atom is 0.231 e. The Hall–Kier alpha value is -0.220. The fraction of sp³-hybridized carbons (Fsp3) is 0.900. The van der Waals surface area contributed by atoms with E-state index in [9.17, 15) is 4.79 Å². The van der Waals surface area contributed by atoms with Crippen molar-refractivity contribution in [3.05, 3.63) is 0 Å². The third-order valence-corrected chi connectivity index (χ3v) is 4.36. The predicted octanol–water partition coefficient (Wildman–Crippen LogP) is 0.560. The molecule has 0 aromatic carbocycles. The van der Waals surface area contributed by atoms with E-state index in [1.807, 2.05) is 11.8 Å². The van der Waals surface area contributed by atoms with Crippen molar-refractivity contribution >= 4 is 17.7 Å². The molecule has 0 bridgehead atoms. The second-order valence-electron chi connectivity index (χ2n) is 4.59. The summed E-state index contributed by atoms with van der Waals surface area (Å²) in [5, 5.41) is 3.18. The van der Waals surface area contributed by atoms with Crippen LogP contribution < -0.4 is 5.32 Å². The third kappa shape index (κ3) is 1.65. The number of amides is 1. The molecule has 2 saturated heterocycles. The van der Waals surface area contributed by atoms with Gasteiger partial charge in [-0.2, -0.15) is 11.8 Å². The second-order valence-corrected chi connectivity index (χ2v) is 5.74. The fourth-order valence-corrected chi connectivity index (χ4v) is 3.04. The lowest BCUT2D eigenvalue weighted by Crippen LogP contribution is -2.62. The van der Waals surface area contributed by atoms with Crippen LogP contribution in [-0.2, 0) is 4.79 Å². The molecule has 2 heterocycles. The van der Waals surface area contributed by atoms with Crippen molar-refractivity contribution in [1.29, 1.82) is 0 Å². The van der Waals surface area contributed by atoms with E-state index in [-0.39, 0.29) is 5.41 Å². The fourth-order valence-electron chi connectivity index (χ4n) is 2.03. The molecule has 0 aromatic heterocycles. The van der Waals surface area contributed by atoms with Crippen LogP contribution in [0.1, 0.15) is 13.8 Å². The standard InChI is InChI=1S/C10H18N2OS/c1-8-5-14-4-3-12(8)9(13)10(2)6-11-7-10/h8,11H,3-7H2,1-2H3. The molecule has 0 spiro atoms. The zero-order valence-electron chi connectivity index (χ0n) is 8.88. The molecule has 2 aliphatic heterocycles. The van der Waals surface area contributed by atoms with Crippen LogP contribution in [0.4, 0.5) is 0 Å². The molecule has 80 valence electrons. The van der Waals surface area contributed by atoms with Crippen molar-refractivity contribution in [1.82, 2.24) is 10.2 Å². The smallest absolute Gasteiger partial charge is 0.231 e. The van der Waals surface area contributed by atoms with Crippen molar-refractivity contribution < 1.29 is 4.79 Å². The molecule has 1 unspecified atom stereocenters. The summed E-state index contributed by atoms with van der Waals surface area (Å²) in [6.45, 7) is 6.85. The normalized spacial score (nSPS) is 31.0. The zero-order valence-corrected chi connectivity index (χ0v) is 9.69. The highest BCUT2D eigenvalue weighted by Gasteiger charge is 2.43. The predicted molar refractivity (Wildman–Crippen MR) is 59.5 cm³/mol. The van der Waals surface area contributed by atoms with Gasteiger partial charge in [0.25, 0.3) is 0 Å². The first kappa shape index (κ1) is 10.3. The topological polar surface area (TPSA) is 32.3 Å². The summed E-state index contributed by atoms with van der Waals surface area (Å²) < 4.78 is 0. The summed E-state index contributed by atoms with van der Waals surface area (Å²) >= 11 is 1.95. The first-order valence-corrected chi connectivity index (χ1v) is 6.38. The Balaban J connectivity index is 2.02. The van der Waals surface area contributed by atoms with Gasteiger partial charge in [0.05, 0.1) is 5.41 Å². The lowest BCUT2D eigenvalue weighted by molar-refractivity contribution is -0.145. The van der Waals surface area contributed by atoms with Gasteiger partial charge in [-0.15, -0.1) is 0 Å². The molecule has 1 amide bonds. The van der Waals surface area contributed by atoms with Gasteiger partial charge >= 0.3 is 0 Å². The number of nitrogens with zero attached hydrogens (tertiary/aromatic N) is 1. The molecule has 2 aliphatic rings. The van der Waals surface area contributed by atoms with E-state index < -0.39 is 0 Å². The Labute approximate surface area is 89.6 Å². The lowest BCUT2D eigenvalue weighted by atomic mass is 9.82. The lowest BCUT2D eigenvalue weighted by Gasteiger charge is -2.44. The minimum atomic E-state index is -0.115. The number of hydrogen-bond donors (Lipinski definition) is 1. The van der Waals surface area contributed by atoms with Crippen LogP contribution in [-0.4, -0.2) is 48.0 Å². The van der Waals surface area contributed by atoms with E-state index >= 15 is 0 Å². The molecule has 0 saturated carbocycles. The largest absolute Gasteiger partial charge is 0.338 e. The summed E-state index contributed by atoms with van der Waals surface area (Å²) in [6, 6.07) is 0.415. The monoisotopic (exact) mass is 214 g/mol. The summed E-state index contributed by atoms with van der Waals surface area (Å²) in [4.78, 5) is 14.3. The molecular weight excluding hydrogens is 196 g/mol. The Bertz CT molecular complexity index is 240. The minimum Gasteiger partial charge on any atom is -0.338 e. The van der Waals surface area contributed by atoms with Gasteiger partial charge in [-0.1, -0.05) is 0 Å². The molecule has 0 aromatic rings. The quantitative estimate of drug-likeness (QED) is 0.692. The minimum absolute atomic E-state index is 0.115. The van der Waals surface area contributed by atoms with Gasteiger partial charge < -0.3 is 10.2 Å². The van der Waals surface area contributed by atoms with Gasteiger partial charge in [0.15, 0.2) is 0 Å². The highest BCUT2D eigenvalue weighted by atomic mass is 32.2. The van der Waals surface area contributed by atoms with E-state index in [0.29, 0.717) is 11.9 Å². The molecule has 2 rings (SSSR count). The third-order valence-electron chi connectivity index (χ3n) is 3.18. The maximum absolute atomic E-state index is 12.2. The number of thioether (sulfide) groups is 1. The van der Waals surface area contributed by atoms with Crippen molar-refractivity contribution in [2.75, 3.05) is 31.1 Å². The van der Waals surface area contributed by atoms with Gasteiger partial charge in [0, 0.05) is 37.2 Å². The Morgan fingerprint density at radius 1 is 1.57 bits per heavy atom. The van der Waals surface area contributed by atoms with E-state index in [0.717, 1.165) is 31.1 Å². The van der Waals surface area contributed by atoms with Gasteiger partial charge in [-0.3, -0.25) is 4.79 Å². The van der Waals surface area contributed by atoms with Crippen molar-refractivity contribution in [2.45, 2.75) is 19.9 Å². The average Bonchev–Trinajstić information content (AvgIpc) is 2.14. The van der Waals surface area contributed by atoms with Crippen molar-refractivity contribution in [3.8, 4) is 0 Å². The molecule has 3 nitrogen and oxygen atoms in total. The SMILES string of the molecule is CC1CSCCN1C(=O)C1(C)CNC1. The summed E-state index contributed by atoms with van der Waals surface area (Å²) in [5.41, 5.74) is -0.115. The molecule has 14 heavy (non-hydrogen) atoms. The second kappa shape index (κ2) is 3.74. The molecule has 2 fully saturated rings. The van der Waals surface area contributed by atoms with Crippen LogP contribution >= 0.6 is 11.8 Å². The summed E-state index contributed by atoms with van der Waals surface area (Å²) in [6.07, 6.45) is 0. The van der Waals surface area contributed by atoms with Crippen molar-refractivity contribution in [2.24, 2.45) is 5.41 Å². The number of rotatable bonds is 1. The van der Waals surface area contributed by atoms with E-state index in [1.54, 1.807) is 0 Å². The molecule has 0 aliphatic carbocycles. The van der Waals surface area contributed by atoms with E-state index in [2.05, 4.69) is 24.1 Å². The molecule has 4 heteroatoms. The Morgan fingerprint density at radius 2 is 2.29 bits per heavy atom. The molecule has 1 N–H and O–H groups in total. The van der Waals surface area contributed by atoms with Gasteiger partial charge in [-0.25, -0.2) is 0 Å². The van der Waals surface area contributed by atoms with Crippen LogP contribution in [0, 0.1) is 5.41 Å². The van der Waals surface area contributed by atoms with Crippen LogP contribution in [0.15, 0.2) is 0 Å². The van der Waals surface area contributed by atoms with Crippen LogP contribution in [0.5, 0.6) is 0 Å². The average molecular weight is 214 g/mol. The van der Waals surface area contributed by atoms with Crippen LogP contribution in [0.25, 0.3) is 0 Å². The highest BCUT2D eigenvalue weighted by Crippen LogP contribution is 2.27. The summed E-state index contributed by atoms with van der Waals surface area (Å²) in [7, 11) is 0. The van der Waals surface area contributed by atoms with Gasteiger partial charge in [-0.05, 0) is 13.8 Å². The zero-order chi connectivity index (χ0) is 10.2. The van der Waals surface area contributed by atoms with E-state index in [4.69, 9.17) is 0 Å². The van der Waals surface area contributed by atoms with Gasteiger partial charge in [0.2, 0.25) is 5.91 Å². The van der Waals surface area contributed by atoms with Gasteiger partial charge in [0.1, 0.15) is 0 Å². The number of carbonyl (C=O) groups is 1. The van der Waals surface area contributed by atoms with Crippen LogP contribution in [0.3, 0.4) is 0 Å². The first-order chi connectivity index (χ1) is 6.63. The molecular formula is C10H18N2OS. The molecule has 0 radical (unpaired) electrons. The summed E-state index contributed by atoms with van der Waals surface area (Å²) in [5.74, 6) is 2.54. The number of carbonyl (C=O) groups excluding carboxylic acids is 1. The Kier molecular flexibility index (Phi) is 2.75. The van der Waals surface area contributed by atoms with E-state index in [1.165, 1.54) is 0 Å².